The van der Waals surface area contributed by atoms with Gasteiger partial charge < -0.3 is 10.1 Å². The quantitative estimate of drug-likeness (QED) is 0.551. The fourth-order valence-corrected chi connectivity index (χ4v) is 3.50. The molecule has 5 nitrogen and oxygen atoms in total. The SMILES string of the molecule is CCOc1ccccc1NC1=C(c2ccc(C)cc2)C(=O)N(c2cc(F)ccc2F)C1=O. The summed E-state index contributed by atoms with van der Waals surface area (Å²) < 4.78 is 33.9. The zero-order chi connectivity index (χ0) is 22.8. The molecule has 0 atom stereocenters. The molecule has 0 radical (unpaired) electrons. The minimum atomic E-state index is -0.882. The molecule has 0 aliphatic carbocycles. The van der Waals surface area contributed by atoms with Crippen LogP contribution >= 0.6 is 0 Å². The predicted octanol–water partition coefficient (Wildman–Crippen LogP) is 5.07. The summed E-state index contributed by atoms with van der Waals surface area (Å²) >= 11 is 0. The van der Waals surface area contributed by atoms with Gasteiger partial charge in [-0.2, -0.15) is 0 Å². The second-order valence-corrected chi connectivity index (χ2v) is 7.21. The number of amides is 2. The summed E-state index contributed by atoms with van der Waals surface area (Å²) in [5.74, 6) is -2.70. The molecule has 1 heterocycles. The third kappa shape index (κ3) is 3.85. The van der Waals surface area contributed by atoms with E-state index in [0.717, 1.165) is 23.8 Å². The molecular formula is C25H20F2N2O3. The summed E-state index contributed by atoms with van der Waals surface area (Å²) in [6.07, 6.45) is 0. The van der Waals surface area contributed by atoms with Crippen molar-refractivity contribution >= 4 is 28.8 Å². The van der Waals surface area contributed by atoms with Crippen LogP contribution in [0.25, 0.3) is 5.57 Å². The third-order valence-electron chi connectivity index (χ3n) is 5.02. The normalized spacial score (nSPS) is 13.7. The number of rotatable bonds is 6. The minimum Gasteiger partial charge on any atom is -0.492 e. The zero-order valence-electron chi connectivity index (χ0n) is 17.5. The first-order valence-corrected chi connectivity index (χ1v) is 10.0. The number of nitrogens with one attached hydrogen (secondary N) is 1. The van der Waals surface area contributed by atoms with Gasteiger partial charge in [-0.15, -0.1) is 0 Å². The molecule has 7 heteroatoms. The lowest BCUT2D eigenvalue weighted by molar-refractivity contribution is -0.120. The molecule has 0 aromatic heterocycles. The summed E-state index contributed by atoms with van der Waals surface area (Å²) in [4.78, 5) is 27.4. The van der Waals surface area contributed by atoms with Crippen molar-refractivity contribution in [3.8, 4) is 5.75 Å². The number of carbonyl (C=O) groups is 2. The highest BCUT2D eigenvalue weighted by Gasteiger charge is 2.41. The standard InChI is InChI=1S/C25H20F2N2O3/c1-3-32-21-7-5-4-6-19(21)28-23-22(16-10-8-15(2)9-11-16)24(30)29(25(23)31)20-14-17(26)12-13-18(20)27/h4-14,28H,3H2,1-2H3. The summed E-state index contributed by atoms with van der Waals surface area (Å²) in [6.45, 7) is 4.12. The Bertz CT molecular complexity index is 1240. The molecule has 1 aliphatic heterocycles. The van der Waals surface area contributed by atoms with Gasteiger partial charge in [0, 0.05) is 6.07 Å². The minimum absolute atomic E-state index is 0.0466. The Morgan fingerprint density at radius 1 is 0.938 bits per heavy atom. The summed E-state index contributed by atoms with van der Waals surface area (Å²) in [6, 6.07) is 16.6. The van der Waals surface area contributed by atoms with Gasteiger partial charge in [0.1, 0.15) is 23.1 Å². The number of imide groups is 1. The molecule has 3 aromatic rings. The molecule has 0 spiro atoms. The van der Waals surface area contributed by atoms with E-state index in [1.165, 1.54) is 0 Å². The van der Waals surface area contributed by atoms with Crippen LogP contribution in [-0.4, -0.2) is 18.4 Å². The fourth-order valence-electron chi connectivity index (χ4n) is 3.50. The summed E-state index contributed by atoms with van der Waals surface area (Å²) in [7, 11) is 0. The molecule has 32 heavy (non-hydrogen) atoms. The van der Waals surface area contributed by atoms with E-state index in [1.54, 1.807) is 48.5 Å². The van der Waals surface area contributed by atoms with Gasteiger partial charge in [-0.05, 0) is 43.7 Å². The van der Waals surface area contributed by atoms with E-state index in [0.29, 0.717) is 28.5 Å². The lowest BCUT2D eigenvalue weighted by Crippen LogP contribution is -2.33. The topological polar surface area (TPSA) is 58.6 Å². The maximum absolute atomic E-state index is 14.5. The molecule has 0 bridgehead atoms. The first-order valence-electron chi connectivity index (χ1n) is 10.0. The van der Waals surface area contributed by atoms with E-state index in [-0.39, 0.29) is 11.3 Å². The number of halogens is 2. The summed E-state index contributed by atoms with van der Waals surface area (Å²) in [5.41, 5.74) is 1.48. The summed E-state index contributed by atoms with van der Waals surface area (Å²) in [5, 5.41) is 3.00. The van der Waals surface area contributed by atoms with Crippen molar-refractivity contribution in [2.45, 2.75) is 13.8 Å². The zero-order valence-corrected chi connectivity index (χ0v) is 17.5. The maximum atomic E-state index is 14.5. The van der Waals surface area contributed by atoms with Crippen LogP contribution in [0.3, 0.4) is 0 Å². The molecule has 0 saturated carbocycles. The molecule has 1 N–H and O–H groups in total. The van der Waals surface area contributed by atoms with Crippen LogP contribution in [0, 0.1) is 18.6 Å². The number of nitrogens with zero attached hydrogens (tertiary/aromatic N) is 1. The van der Waals surface area contributed by atoms with Crippen molar-refractivity contribution in [3.63, 3.8) is 0 Å². The van der Waals surface area contributed by atoms with E-state index in [4.69, 9.17) is 4.74 Å². The van der Waals surface area contributed by atoms with E-state index in [9.17, 15) is 18.4 Å². The van der Waals surface area contributed by atoms with Crippen molar-refractivity contribution < 1.29 is 23.1 Å². The molecule has 0 unspecified atom stereocenters. The number of benzene rings is 3. The first-order chi connectivity index (χ1) is 15.4. The van der Waals surface area contributed by atoms with Gasteiger partial charge >= 0.3 is 0 Å². The van der Waals surface area contributed by atoms with Gasteiger partial charge in [-0.3, -0.25) is 9.59 Å². The van der Waals surface area contributed by atoms with Gasteiger partial charge in [-0.1, -0.05) is 42.0 Å². The first kappa shape index (κ1) is 21.2. The van der Waals surface area contributed by atoms with E-state index in [2.05, 4.69) is 5.32 Å². The molecule has 1 aliphatic rings. The molecule has 0 fully saturated rings. The van der Waals surface area contributed by atoms with Crippen LogP contribution < -0.4 is 15.0 Å². The molecule has 0 saturated heterocycles. The number of para-hydroxylation sites is 2. The average molecular weight is 434 g/mol. The van der Waals surface area contributed by atoms with E-state index < -0.39 is 29.1 Å². The van der Waals surface area contributed by atoms with Gasteiger partial charge in [0.25, 0.3) is 11.8 Å². The highest BCUT2D eigenvalue weighted by atomic mass is 19.1. The Balaban J connectivity index is 1.85. The second-order valence-electron chi connectivity index (χ2n) is 7.21. The Labute approximate surface area is 183 Å². The van der Waals surface area contributed by atoms with Crippen molar-refractivity contribution in [2.24, 2.45) is 0 Å². The number of aryl methyl sites for hydroxylation is 1. The monoisotopic (exact) mass is 434 g/mol. The fraction of sp³-hybridized carbons (Fsp3) is 0.120. The van der Waals surface area contributed by atoms with E-state index in [1.807, 2.05) is 13.8 Å². The largest absolute Gasteiger partial charge is 0.492 e. The number of anilines is 2. The molecule has 2 amide bonds. The Kier molecular flexibility index (Phi) is 5.73. The van der Waals surface area contributed by atoms with Gasteiger partial charge in [0.2, 0.25) is 0 Å². The molecule has 162 valence electrons. The van der Waals surface area contributed by atoms with Crippen molar-refractivity contribution in [1.82, 2.24) is 0 Å². The molecule has 4 rings (SSSR count). The third-order valence-corrected chi connectivity index (χ3v) is 5.02. The Hall–Kier alpha value is -4.00. The number of ether oxygens (including phenoxy) is 1. The van der Waals surface area contributed by atoms with Crippen LogP contribution in [0.1, 0.15) is 18.1 Å². The highest BCUT2D eigenvalue weighted by Crippen LogP contribution is 2.36. The van der Waals surface area contributed by atoms with E-state index >= 15 is 0 Å². The lowest BCUT2D eigenvalue weighted by atomic mass is 10.0. The van der Waals surface area contributed by atoms with Gasteiger partial charge in [0.05, 0.1) is 23.6 Å². The van der Waals surface area contributed by atoms with Crippen molar-refractivity contribution in [2.75, 3.05) is 16.8 Å². The predicted molar refractivity (Wildman–Crippen MR) is 118 cm³/mol. The van der Waals surface area contributed by atoms with Crippen molar-refractivity contribution in [3.05, 3.63) is 95.2 Å². The average Bonchev–Trinajstić information content (AvgIpc) is 3.01. The lowest BCUT2D eigenvalue weighted by Gasteiger charge is -2.17. The van der Waals surface area contributed by atoms with Crippen LogP contribution in [0.2, 0.25) is 0 Å². The van der Waals surface area contributed by atoms with Crippen molar-refractivity contribution in [1.29, 1.82) is 0 Å². The Morgan fingerprint density at radius 2 is 1.66 bits per heavy atom. The number of carbonyl (C=O) groups excluding carboxylic acids is 2. The molecular weight excluding hydrogens is 414 g/mol. The van der Waals surface area contributed by atoms with Gasteiger partial charge in [0.15, 0.2) is 0 Å². The Morgan fingerprint density at radius 3 is 2.38 bits per heavy atom. The van der Waals surface area contributed by atoms with Crippen LogP contribution in [0.5, 0.6) is 5.75 Å². The number of hydrogen-bond acceptors (Lipinski definition) is 4. The number of hydrogen-bond donors (Lipinski definition) is 1. The smallest absolute Gasteiger partial charge is 0.282 e. The maximum Gasteiger partial charge on any atom is 0.282 e. The second kappa shape index (κ2) is 8.63. The molecule has 3 aromatic carbocycles. The van der Waals surface area contributed by atoms with Crippen LogP contribution in [0.15, 0.2) is 72.4 Å². The van der Waals surface area contributed by atoms with Gasteiger partial charge in [-0.25, -0.2) is 13.7 Å². The highest BCUT2D eigenvalue weighted by molar-refractivity contribution is 6.46. The van der Waals surface area contributed by atoms with Crippen LogP contribution in [-0.2, 0) is 9.59 Å². The van der Waals surface area contributed by atoms with Crippen LogP contribution in [0.4, 0.5) is 20.2 Å².